The maximum atomic E-state index is 5.65. The van der Waals surface area contributed by atoms with Crippen LogP contribution in [0.5, 0.6) is 0 Å². The van der Waals surface area contributed by atoms with Crippen molar-refractivity contribution >= 4 is 23.1 Å². The molecular weight excluding hydrogens is 204 g/mol. The minimum atomic E-state index is 0.119. The highest BCUT2D eigenvalue weighted by atomic mass is 35.5. The van der Waals surface area contributed by atoms with E-state index in [1.54, 1.807) is 7.11 Å². The molecule has 0 radical (unpaired) electrons. The van der Waals surface area contributed by atoms with E-state index in [4.69, 9.17) is 22.1 Å². The number of ether oxygens (including phenoxy) is 1. The third kappa shape index (κ3) is 3.01. The van der Waals surface area contributed by atoms with Gasteiger partial charge in [0, 0.05) is 13.2 Å². The van der Waals surface area contributed by atoms with Crippen LogP contribution in [-0.2, 0) is 4.74 Å². The number of nitrogens with two attached hydrogens (primary N) is 1. The summed E-state index contributed by atoms with van der Waals surface area (Å²) in [6.07, 6.45) is 1.47. The lowest BCUT2D eigenvalue weighted by atomic mass is 10.3. The van der Waals surface area contributed by atoms with Crippen LogP contribution in [0.2, 0.25) is 5.28 Å². The summed E-state index contributed by atoms with van der Waals surface area (Å²) in [5.74, 6) is 0.537. The Morgan fingerprint density at radius 3 is 3.07 bits per heavy atom. The number of methoxy groups -OCH3 is 1. The third-order valence-electron chi connectivity index (χ3n) is 1.59. The van der Waals surface area contributed by atoms with Gasteiger partial charge in [0.1, 0.15) is 0 Å². The quantitative estimate of drug-likeness (QED) is 0.739. The second-order valence-electron chi connectivity index (χ2n) is 2.94. The van der Waals surface area contributed by atoms with Crippen LogP contribution in [0.3, 0.4) is 0 Å². The highest BCUT2D eigenvalue weighted by Crippen LogP contribution is 2.16. The lowest BCUT2D eigenvalue weighted by Crippen LogP contribution is -2.22. The van der Waals surface area contributed by atoms with E-state index in [-0.39, 0.29) is 11.3 Å². The van der Waals surface area contributed by atoms with Crippen LogP contribution < -0.4 is 11.1 Å². The summed E-state index contributed by atoms with van der Waals surface area (Å²) in [6, 6.07) is 0.119. The average molecular weight is 217 g/mol. The SMILES string of the molecule is COCC(C)Nc1nc(Cl)ncc1N. The molecule has 1 aromatic heterocycles. The molecule has 0 saturated carbocycles. The van der Waals surface area contributed by atoms with Gasteiger partial charge in [0.2, 0.25) is 5.28 Å². The first-order valence-electron chi connectivity index (χ1n) is 4.17. The maximum Gasteiger partial charge on any atom is 0.224 e. The van der Waals surface area contributed by atoms with E-state index >= 15 is 0 Å². The molecule has 1 atom stereocenters. The van der Waals surface area contributed by atoms with Crippen molar-refractivity contribution in [3.05, 3.63) is 11.5 Å². The highest BCUT2D eigenvalue weighted by Gasteiger charge is 2.06. The second kappa shape index (κ2) is 4.97. The van der Waals surface area contributed by atoms with Crippen molar-refractivity contribution in [2.75, 3.05) is 24.8 Å². The molecule has 0 spiro atoms. The number of aromatic nitrogens is 2. The summed E-state index contributed by atoms with van der Waals surface area (Å²) in [5.41, 5.74) is 6.12. The Hall–Kier alpha value is -1.07. The van der Waals surface area contributed by atoms with Gasteiger partial charge in [-0.3, -0.25) is 0 Å². The van der Waals surface area contributed by atoms with Crippen LogP contribution in [0.4, 0.5) is 11.5 Å². The first kappa shape index (κ1) is 11.0. The summed E-state index contributed by atoms with van der Waals surface area (Å²) in [4.78, 5) is 7.71. The van der Waals surface area contributed by atoms with Crippen LogP contribution in [0.15, 0.2) is 6.20 Å². The number of nitrogens with zero attached hydrogens (tertiary/aromatic N) is 2. The molecule has 14 heavy (non-hydrogen) atoms. The summed E-state index contributed by atoms with van der Waals surface area (Å²) < 4.78 is 4.97. The topological polar surface area (TPSA) is 73.1 Å². The molecular formula is C8H13ClN4O. The van der Waals surface area contributed by atoms with Crippen molar-refractivity contribution in [3.8, 4) is 0 Å². The van der Waals surface area contributed by atoms with Gasteiger partial charge in [-0.05, 0) is 18.5 Å². The number of hydrogen-bond donors (Lipinski definition) is 2. The Morgan fingerprint density at radius 2 is 2.43 bits per heavy atom. The van der Waals surface area contributed by atoms with Gasteiger partial charge in [-0.25, -0.2) is 4.98 Å². The molecule has 6 heteroatoms. The molecule has 0 fully saturated rings. The van der Waals surface area contributed by atoms with Gasteiger partial charge in [0.05, 0.1) is 18.5 Å². The predicted molar refractivity (Wildman–Crippen MR) is 56.4 cm³/mol. The van der Waals surface area contributed by atoms with Crippen molar-refractivity contribution in [1.82, 2.24) is 9.97 Å². The van der Waals surface area contributed by atoms with Crippen molar-refractivity contribution in [2.24, 2.45) is 0 Å². The van der Waals surface area contributed by atoms with Gasteiger partial charge in [-0.2, -0.15) is 4.98 Å². The smallest absolute Gasteiger partial charge is 0.224 e. The van der Waals surface area contributed by atoms with Gasteiger partial charge in [0.25, 0.3) is 0 Å². The monoisotopic (exact) mass is 216 g/mol. The predicted octanol–water partition coefficient (Wildman–Crippen LogP) is 1.16. The van der Waals surface area contributed by atoms with Crippen LogP contribution in [0.1, 0.15) is 6.92 Å². The van der Waals surface area contributed by atoms with Gasteiger partial charge >= 0.3 is 0 Å². The number of rotatable bonds is 4. The Morgan fingerprint density at radius 1 is 1.71 bits per heavy atom. The fraction of sp³-hybridized carbons (Fsp3) is 0.500. The van der Waals surface area contributed by atoms with Crippen LogP contribution in [-0.4, -0.2) is 29.7 Å². The molecule has 0 aliphatic carbocycles. The van der Waals surface area contributed by atoms with E-state index in [9.17, 15) is 0 Å². The van der Waals surface area contributed by atoms with E-state index in [0.29, 0.717) is 18.1 Å². The average Bonchev–Trinajstić information content (AvgIpc) is 2.12. The maximum absolute atomic E-state index is 5.65. The highest BCUT2D eigenvalue weighted by molar-refractivity contribution is 6.28. The van der Waals surface area contributed by atoms with Gasteiger partial charge in [-0.1, -0.05) is 0 Å². The molecule has 1 unspecified atom stereocenters. The molecule has 78 valence electrons. The number of halogens is 1. The molecule has 1 rings (SSSR count). The molecule has 0 amide bonds. The minimum Gasteiger partial charge on any atom is -0.394 e. The molecule has 0 aromatic carbocycles. The lowest BCUT2D eigenvalue weighted by molar-refractivity contribution is 0.190. The zero-order chi connectivity index (χ0) is 10.6. The molecule has 0 bridgehead atoms. The molecule has 5 nitrogen and oxygen atoms in total. The van der Waals surface area contributed by atoms with Crippen molar-refractivity contribution in [1.29, 1.82) is 0 Å². The number of nitrogen functional groups attached to an aromatic ring is 1. The zero-order valence-electron chi connectivity index (χ0n) is 8.12. The zero-order valence-corrected chi connectivity index (χ0v) is 8.88. The van der Waals surface area contributed by atoms with E-state index in [1.807, 2.05) is 6.92 Å². The molecule has 3 N–H and O–H groups in total. The minimum absolute atomic E-state index is 0.119. The van der Waals surface area contributed by atoms with Crippen LogP contribution >= 0.6 is 11.6 Å². The summed E-state index contributed by atoms with van der Waals surface area (Å²) in [7, 11) is 1.63. The Balaban J connectivity index is 2.70. The van der Waals surface area contributed by atoms with E-state index < -0.39 is 0 Å². The molecule has 1 heterocycles. The normalized spacial score (nSPS) is 12.5. The molecule has 0 aliphatic heterocycles. The molecule has 1 aromatic rings. The van der Waals surface area contributed by atoms with Crippen LogP contribution in [0, 0.1) is 0 Å². The third-order valence-corrected chi connectivity index (χ3v) is 1.77. The van der Waals surface area contributed by atoms with Gasteiger partial charge in [0.15, 0.2) is 5.82 Å². The summed E-state index contributed by atoms with van der Waals surface area (Å²) in [5, 5.41) is 3.24. The standard InChI is InChI=1S/C8H13ClN4O/c1-5(4-14-2)12-7-6(10)3-11-8(9)13-7/h3,5H,4,10H2,1-2H3,(H,11,12,13). The Labute approximate surface area is 87.6 Å². The van der Waals surface area contributed by atoms with E-state index in [2.05, 4.69) is 15.3 Å². The van der Waals surface area contributed by atoms with Gasteiger partial charge in [-0.15, -0.1) is 0 Å². The van der Waals surface area contributed by atoms with E-state index in [1.165, 1.54) is 6.20 Å². The first-order chi connectivity index (χ1) is 6.63. The summed E-state index contributed by atoms with van der Waals surface area (Å²) in [6.45, 7) is 2.53. The lowest BCUT2D eigenvalue weighted by Gasteiger charge is -2.14. The first-order valence-corrected chi connectivity index (χ1v) is 4.54. The van der Waals surface area contributed by atoms with Crippen LogP contribution in [0.25, 0.3) is 0 Å². The Bertz CT molecular complexity index is 307. The van der Waals surface area contributed by atoms with Crippen molar-refractivity contribution < 1.29 is 4.74 Å². The fourth-order valence-corrected chi connectivity index (χ4v) is 1.14. The largest absolute Gasteiger partial charge is 0.394 e. The van der Waals surface area contributed by atoms with Crippen molar-refractivity contribution in [3.63, 3.8) is 0 Å². The van der Waals surface area contributed by atoms with Crippen molar-refractivity contribution in [2.45, 2.75) is 13.0 Å². The molecule has 0 aliphatic rings. The number of hydrogen-bond acceptors (Lipinski definition) is 5. The van der Waals surface area contributed by atoms with Gasteiger partial charge < -0.3 is 15.8 Å². The van der Waals surface area contributed by atoms with E-state index in [0.717, 1.165) is 0 Å². The number of anilines is 2. The number of nitrogens with one attached hydrogen (secondary N) is 1. The Kier molecular flexibility index (Phi) is 3.91. The fourth-order valence-electron chi connectivity index (χ4n) is 1.01. The second-order valence-corrected chi connectivity index (χ2v) is 3.28. The summed E-state index contributed by atoms with van der Waals surface area (Å²) >= 11 is 5.63. The molecule has 0 saturated heterocycles.